The van der Waals surface area contributed by atoms with E-state index in [-0.39, 0.29) is 0 Å². The molecule has 0 bridgehead atoms. The van der Waals surface area contributed by atoms with E-state index in [2.05, 4.69) is 26.1 Å². The third kappa shape index (κ3) is 2.13. The van der Waals surface area contributed by atoms with Gasteiger partial charge in [-0.05, 0) is 50.4 Å². The Morgan fingerprint density at radius 1 is 1.00 bits per heavy atom. The molecule has 2 rings (SSSR count). The van der Waals surface area contributed by atoms with Gasteiger partial charge < -0.3 is 5.32 Å². The molecular weight excluding hydrogens is 170 g/mol. The molecule has 1 N–H and O–H groups in total. The average Bonchev–Trinajstić information content (AvgIpc) is 1.91. The number of rotatable bonds is 4. The van der Waals surface area contributed by atoms with Crippen molar-refractivity contribution in [1.29, 1.82) is 0 Å². The summed E-state index contributed by atoms with van der Waals surface area (Å²) in [5.74, 6) is 2.89. The summed E-state index contributed by atoms with van der Waals surface area (Å²) in [4.78, 5) is 0. The quantitative estimate of drug-likeness (QED) is 0.726. The summed E-state index contributed by atoms with van der Waals surface area (Å²) >= 11 is 0. The van der Waals surface area contributed by atoms with Crippen LogP contribution in [0.3, 0.4) is 0 Å². The Labute approximate surface area is 88.7 Å². The molecule has 2 fully saturated rings. The van der Waals surface area contributed by atoms with Crippen molar-refractivity contribution in [3.63, 3.8) is 0 Å². The van der Waals surface area contributed by atoms with E-state index in [1.165, 1.54) is 32.1 Å². The lowest BCUT2D eigenvalue weighted by atomic mass is 9.72. The van der Waals surface area contributed by atoms with E-state index >= 15 is 0 Å². The zero-order valence-corrected chi connectivity index (χ0v) is 9.92. The molecule has 0 saturated heterocycles. The minimum Gasteiger partial charge on any atom is -0.311 e. The van der Waals surface area contributed by atoms with Crippen LogP contribution in [-0.2, 0) is 0 Å². The molecule has 0 aromatic rings. The van der Waals surface area contributed by atoms with Crippen molar-refractivity contribution in [2.45, 2.75) is 65.0 Å². The van der Waals surface area contributed by atoms with Crippen molar-refractivity contribution in [2.24, 2.45) is 17.8 Å². The second-order valence-corrected chi connectivity index (χ2v) is 5.82. The van der Waals surface area contributed by atoms with Crippen molar-refractivity contribution >= 4 is 0 Å². The van der Waals surface area contributed by atoms with Crippen molar-refractivity contribution in [3.05, 3.63) is 0 Å². The molecule has 0 spiro atoms. The molecule has 0 radical (unpaired) electrons. The van der Waals surface area contributed by atoms with Crippen molar-refractivity contribution in [1.82, 2.24) is 5.32 Å². The summed E-state index contributed by atoms with van der Waals surface area (Å²) in [5, 5.41) is 3.80. The molecule has 2 saturated carbocycles. The fraction of sp³-hybridized carbons (Fsp3) is 1.00. The molecule has 0 heterocycles. The number of hydrogen-bond donors (Lipinski definition) is 1. The summed E-state index contributed by atoms with van der Waals surface area (Å²) in [6.07, 6.45) is 7.25. The minimum atomic E-state index is 0.780. The van der Waals surface area contributed by atoms with Gasteiger partial charge in [0.2, 0.25) is 0 Å². The summed E-state index contributed by atoms with van der Waals surface area (Å²) in [5.41, 5.74) is 0. The molecule has 2 aliphatic rings. The van der Waals surface area contributed by atoms with Gasteiger partial charge in [0.25, 0.3) is 0 Å². The molecule has 0 aliphatic heterocycles. The Bertz CT molecular complexity index is 178. The van der Waals surface area contributed by atoms with Gasteiger partial charge in [-0.3, -0.25) is 0 Å². The zero-order chi connectivity index (χ0) is 10.1. The zero-order valence-electron chi connectivity index (χ0n) is 9.92. The highest BCUT2D eigenvalue weighted by molar-refractivity contribution is 4.90. The monoisotopic (exact) mass is 195 g/mol. The highest BCUT2D eigenvalue weighted by Gasteiger charge is 2.33. The van der Waals surface area contributed by atoms with Crippen LogP contribution in [0.5, 0.6) is 0 Å². The fourth-order valence-corrected chi connectivity index (χ4v) is 2.79. The van der Waals surface area contributed by atoms with Crippen LogP contribution in [0.4, 0.5) is 0 Å². The lowest BCUT2D eigenvalue weighted by Crippen LogP contribution is -2.49. The Morgan fingerprint density at radius 3 is 2.07 bits per heavy atom. The normalized spacial score (nSPS) is 35.1. The third-order valence-corrected chi connectivity index (χ3v) is 4.47. The lowest BCUT2D eigenvalue weighted by molar-refractivity contribution is 0.132. The van der Waals surface area contributed by atoms with Crippen molar-refractivity contribution in [3.8, 4) is 0 Å². The second-order valence-electron chi connectivity index (χ2n) is 5.82. The van der Waals surface area contributed by atoms with Gasteiger partial charge in [0.1, 0.15) is 0 Å². The van der Waals surface area contributed by atoms with Crippen LogP contribution in [0.1, 0.15) is 52.9 Å². The molecule has 1 atom stereocenters. The molecule has 82 valence electrons. The maximum absolute atomic E-state index is 3.80. The topological polar surface area (TPSA) is 12.0 Å². The molecule has 0 aromatic carbocycles. The van der Waals surface area contributed by atoms with Crippen molar-refractivity contribution < 1.29 is 0 Å². The summed E-state index contributed by atoms with van der Waals surface area (Å²) in [7, 11) is 0. The largest absolute Gasteiger partial charge is 0.311 e. The van der Waals surface area contributed by atoms with Crippen LogP contribution in [0.2, 0.25) is 0 Å². The first kappa shape index (κ1) is 10.5. The predicted octanol–water partition coefficient (Wildman–Crippen LogP) is 3.20. The maximum atomic E-state index is 3.80. The van der Waals surface area contributed by atoms with Gasteiger partial charge in [0.15, 0.2) is 0 Å². The molecule has 0 amide bonds. The fourth-order valence-electron chi connectivity index (χ4n) is 2.79. The highest BCUT2D eigenvalue weighted by Crippen LogP contribution is 2.36. The average molecular weight is 195 g/mol. The summed E-state index contributed by atoms with van der Waals surface area (Å²) in [6.45, 7) is 7.10. The predicted molar refractivity (Wildman–Crippen MR) is 61.3 cm³/mol. The van der Waals surface area contributed by atoms with E-state index in [1.807, 2.05) is 0 Å². The Morgan fingerprint density at radius 2 is 1.64 bits per heavy atom. The van der Waals surface area contributed by atoms with E-state index in [0.717, 1.165) is 29.8 Å². The standard InChI is InChI=1S/C13H25N/c1-9(2)12-7-13(8-12)14-10(3)11-5-4-6-11/h9-14H,4-8H2,1-3H3. The van der Waals surface area contributed by atoms with Crippen LogP contribution >= 0.6 is 0 Å². The molecule has 1 unspecified atom stereocenters. The van der Waals surface area contributed by atoms with Crippen LogP contribution in [0.25, 0.3) is 0 Å². The lowest BCUT2D eigenvalue weighted by Gasteiger charge is -2.43. The Hall–Kier alpha value is -0.0400. The van der Waals surface area contributed by atoms with Gasteiger partial charge in [-0.1, -0.05) is 20.3 Å². The highest BCUT2D eigenvalue weighted by atomic mass is 15.0. The molecule has 1 nitrogen and oxygen atoms in total. The van der Waals surface area contributed by atoms with Gasteiger partial charge >= 0.3 is 0 Å². The smallest absolute Gasteiger partial charge is 0.00751 e. The first-order valence-corrected chi connectivity index (χ1v) is 6.43. The van der Waals surface area contributed by atoms with E-state index in [4.69, 9.17) is 0 Å². The Kier molecular flexibility index (Phi) is 3.16. The van der Waals surface area contributed by atoms with Gasteiger partial charge in [0, 0.05) is 12.1 Å². The van der Waals surface area contributed by atoms with Gasteiger partial charge in [-0.25, -0.2) is 0 Å². The molecule has 1 heteroatoms. The second kappa shape index (κ2) is 4.22. The Balaban J connectivity index is 1.63. The van der Waals surface area contributed by atoms with E-state index < -0.39 is 0 Å². The summed E-state index contributed by atoms with van der Waals surface area (Å²) in [6, 6.07) is 1.62. The maximum Gasteiger partial charge on any atom is 0.00751 e. The first-order chi connectivity index (χ1) is 6.66. The van der Waals surface area contributed by atoms with Crippen molar-refractivity contribution in [2.75, 3.05) is 0 Å². The minimum absolute atomic E-state index is 0.780. The van der Waals surface area contributed by atoms with Crippen LogP contribution in [-0.4, -0.2) is 12.1 Å². The van der Waals surface area contributed by atoms with Crippen LogP contribution < -0.4 is 5.32 Å². The van der Waals surface area contributed by atoms with Gasteiger partial charge in [-0.15, -0.1) is 0 Å². The number of nitrogens with one attached hydrogen (secondary N) is 1. The SMILES string of the molecule is CC(C)C1CC(NC(C)C2CCC2)C1. The van der Waals surface area contributed by atoms with Crippen LogP contribution in [0, 0.1) is 17.8 Å². The molecule has 0 aromatic heterocycles. The molecule has 2 aliphatic carbocycles. The molecular formula is C13H25N. The molecule has 14 heavy (non-hydrogen) atoms. The van der Waals surface area contributed by atoms with E-state index in [9.17, 15) is 0 Å². The van der Waals surface area contributed by atoms with Gasteiger partial charge in [-0.2, -0.15) is 0 Å². The van der Waals surface area contributed by atoms with E-state index in [1.54, 1.807) is 0 Å². The summed E-state index contributed by atoms with van der Waals surface area (Å²) < 4.78 is 0. The van der Waals surface area contributed by atoms with Gasteiger partial charge in [0.05, 0.1) is 0 Å². The van der Waals surface area contributed by atoms with E-state index in [0.29, 0.717) is 0 Å². The first-order valence-electron chi connectivity index (χ1n) is 6.43. The number of hydrogen-bond acceptors (Lipinski definition) is 1. The van der Waals surface area contributed by atoms with Crippen LogP contribution in [0.15, 0.2) is 0 Å². The third-order valence-electron chi connectivity index (χ3n) is 4.47.